The van der Waals surface area contributed by atoms with Crippen molar-refractivity contribution in [3.8, 4) is 11.5 Å². The third-order valence-electron chi connectivity index (χ3n) is 4.22. The number of phenols is 1. The molecule has 3 aromatic rings. The van der Waals surface area contributed by atoms with Crippen LogP contribution in [0.3, 0.4) is 0 Å². The number of aromatic hydroxyl groups is 1. The number of rotatable bonds is 2. The number of benzene rings is 3. The number of hydrogen-bond donors (Lipinski definition) is 1. The fourth-order valence-electron chi connectivity index (χ4n) is 3.03. The number of phenolic OH excluding ortho intramolecular Hbond substituents is 1. The van der Waals surface area contributed by atoms with Gasteiger partial charge in [-0.1, -0.05) is 54.6 Å². The van der Waals surface area contributed by atoms with Crippen molar-refractivity contribution < 1.29 is 14.6 Å². The van der Waals surface area contributed by atoms with Crippen LogP contribution in [0.15, 0.2) is 84.4 Å². The van der Waals surface area contributed by atoms with Crippen molar-refractivity contribution in [1.29, 1.82) is 0 Å². The van der Waals surface area contributed by atoms with Crippen molar-refractivity contribution in [3.05, 3.63) is 101 Å². The molecule has 1 unspecified atom stereocenters. The molecule has 1 N–H and O–H groups in total. The van der Waals surface area contributed by atoms with Gasteiger partial charge < -0.3 is 9.84 Å². The van der Waals surface area contributed by atoms with E-state index in [1.54, 1.807) is 30.3 Å². The highest BCUT2D eigenvalue weighted by Gasteiger charge is 2.32. The maximum atomic E-state index is 13.1. The lowest BCUT2D eigenvalue weighted by atomic mass is 9.89. The topological polar surface area (TPSA) is 46.5 Å². The van der Waals surface area contributed by atoms with Gasteiger partial charge in [0, 0.05) is 5.57 Å². The molecule has 1 aliphatic rings. The summed E-state index contributed by atoms with van der Waals surface area (Å²) in [6.45, 7) is 0. The van der Waals surface area contributed by atoms with Crippen LogP contribution in [0.2, 0.25) is 0 Å². The molecule has 0 amide bonds. The molecule has 1 atom stereocenters. The standard InChI is InChI=1S/C22H16O3/c23-17-10-6-7-15(13-17)14-19-21(24)18-11-4-5-12-20(18)25-22(19)16-8-2-1-3-9-16/h1-14,22-23H/b19-14+. The SMILES string of the molecule is O=C1/C(=C\c2cccc(O)c2)C(c2ccccc2)Oc2ccccc21. The van der Waals surface area contributed by atoms with E-state index < -0.39 is 6.10 Å². The van der Waals surface area contributed by atoms with Crippen LogP contribution in [-0.2, 0) is 0 Å². The quantitative estimate of drug-likeness (QED) is 0.688. The zero-order chi connectivity index (χ0) is 17.2. The van der Waals surface area contributed by atoms with Crippen molar-refractivity contribution >= 4 is 11.9 Å². The minimum Gasteiger partial charge on any atom is -0.508 e. The summed E-state index contributed by atoms with van der Waals surface area (Å²) in [7, 11) is 0. The molecule has 0 fully saturated rings. The second-order valence-corrected chi connectivity index (χ2v) is 5.93. The van der Waals surface area contributed by atoms with Crippen LogP contribution in [-0.4, -0.2) is 10.9 Å². The first-order chi connectivity index (χ1) is 12.2. The Morgan fingerprint density at radius 1 is 0.880 bits per heavy atom. The van der Waals surface area contributed by atoms with Crippen molar-refractivity contribution in [2.24, 2.45) is 0 Å². The largest absolute Gasteiger partial charge is 0.508 e. The molecule has 1 heterocycles. The van der Waals surface area contributed by atoms with Gasteiger partial charge in [0.25, 0.3) is 0 Å². The number of Topliss-reactive ketones (excluding diaryl/α,β-unsaturated/α-hetero) is 1. The fraction of sp³-hybridized carbons (Fsp3) is 0.0455. The monoisotopic (exact) mass is 328 g/mol. The number of hydrogen-bond acceptors (Lipinski definition) is 3. The summed E-state index contributed by atoms with van der Waals surface area (Å²) in [5.74, 6) is 0.698. The van der Waals surface area contributed by atoms with Gasteiger partial charge in [-0.3, -0.25) is 4.79 Å². The highest BCUT2D eigenvalue weighted by Crippen LogP contribution is 2.39. The summed E-state index contributed by atoms with van der Waals surface area (Å²) in [5.41, 5.74) is 2.78. The van der Waals surface area contributed by atoms with Gasteiger partial charge >= 0.3 is 0 Å². The van der Waals surface area contributed by atoms with Crippen molar-refractivity contribution in [1.82, 2.24) is 0 Å². The fourth-order valence-corrected chi connectivity index (χ4v) is 3.03. The normalized spacial score (nSPS) is 17.8. The first kappa shape index (κ1) is 15.2. The van der Waals surface area contributed by atoms with Crippen molar-refractivity contribution in [2.75, 3.05) is 0 Å². The summed E-state index contributed by atoms with van der Waals surface area (Å²) in [6, 6.07) is 23.8. The summed E-state index contributed by atoms with van der Waals surface area (Å²) in [5, 5.41) is 9.70. The maximum absolute atomic E-state index is 13.1. The molecule has 0 saturated carbocycles. The Balaban J connectivity index is 1.87. The number of para-hydroxylation sites is 1. The van der Waals surface area contributed by atoms with E-state index >= 15 is 0 Å². The van der Waals surface area contributed by atoms with Gasteiger partial charge in [-0.05, 0) is 41.5 Å². The molecule has 0 aliphatic carbocycles. The number of ketones is 1. The molecule has 0 aromatic heterocycles. The molecular weight excluding hydrogens is 312 g/mol. The Labute approximate surface area is 145 Å². The summed E-state index contributed by atoms with van der Waals surface area (Å²) in [4.78, 5) is 13.1. The predicted octanol–water partition coefficient (Wildman–Crippen LogP) is 4.79. The van der Waals surface area contributed by atoms with E-state index in [0.717, 1.165) is 11.1 Å². The summed E-state index contributed by atoms with van der Waals surface area (Å²) in [6.07, 6.45) is 1.31. The molecule has 0 bridgehead atoms. The van der Waals surface area contributed by atoms with Crippen LogP contribution >= 0.6 is 0 Å². The lowest BCUT2D eigenvalue weighted by molar-refractivity contribution is 0.0963. The molecule has 122 valence electrons. The lowest BCUT2D eigenvalue weighted by Crippen LogP contribution is -2.23. The van der Waals surface area contributed by atoms with Gasteiger partial charge in [0.1, 0.15) is 11.5 Å². The van der Waals surface area contributed by atoms with Crippen LogP contribution < -0.4 is 4.74 Å². The summed E-state index contributed by atoms with van der Waals surface area (Å²) < 4.78 is 6.15. The molecule has 4 rings (SSSR count). The van der Waals surface area contributed by atoms with E-state index in [2.05, 4.69) is 0 Å². The van der Waals surface area contributed by atoms with E-state index in [4.69, 9.17) is 4.74 Å². The summed E-state index contributed by atoms with van der Waals surface area (Å²) >= 11 is 0. The number of carbonyl (C=O) groups excluding carboxylic acids is 1. The lowest BCUT2D eigenvalue weighted by Gasteiger charge is -2.28. The number of fused-ring (bicyclic) bond motifs is 1. The van der Waals surface area contributed by atoms with Crippen LogP contribution in [0.25, 0.3) is 6.08 Å². The average molecular weight is 328 g/mol. The highest BCUT2D eigenvalue weighted by molar-refractivity contribution is 6.14. The van der Waals surface area contributed by atoms with Crippen LogP contribution in [0.4, 0.5) is 0 Å². The molecular formula is C22H16O3. The molecule has 3 heteroatoms. The Morgan fingerprint density at radius 2 is 1.64 bits per heavy atom. The zero-order valence-corrected chi connectivity index (χ0v) is 13.4. The van der Waals surface area contributed by atoms with E-state index in [9.17, 15) is 9.90 Å². The van der Waals surface area contributed by atoms with E-state index in [1.165, 1.54) is 0 Å². The Hall–Kier alpha value is -3.33. The van der Waals surface area contributed by atoms with Crippen LogP contribution in [0.1, 0.15) is 27.6 Å². The highest BCUT2D eigenvalue weighted by atomic mass is 16.5. The molecule has 0 radical (unpaired) electrons. The minimum absolute atomic E-state index is 0.0564. The van der Waals surface area contributed by atoms with Gasteiger partial charge in [0.05, 0.1) is 5.56 Å². The Bertz CT molecular complexity index is 958. The van der Waals surface area contributed by atoms with Gasteiger partial charge in [-0.25, -0.2) is 0 Å². The van der Waals surface area contributed by atoms with E-state index in [1.807, 2.05) is 54.6 Å². The second-order valence-electron chi connectivity index (χ2n) is 5.93. The maximum Gasteiger partial charge on any atom is 0.196 e. The van der Waals surface area contributed by atoms with Crippen LogP contribution in [0.5, 0.6) is 11.5 Å². The van der Waals surface area contributed by atoms with Crippen LogP contribution in [0, 0.1) is 0 Å². The molecule has 25 heavy (non-hydrogen) atoms. The zero-order valence-electron chi connectivity index (χ0n) is 13.4. The molecule has 0 saturated heterocycles. The molecule has 1 aliphatic heterocycles. The molecule has 3 nitrogen and oxygen atoms in total. The first-order valence-corrected chi connectivity index (χ1v) is 8.08. The molecule has 3 aromatic carbocycles. The third-order valence-corrected chi connectivity index (χ3v) is 4.22. The Kier molecular flexibility index (Phi) is 3.82. The van der Waals surface area contributed by atoms with E-state index in [0.29, 0.717) is 16.9 Å². The van der Waals surface area contributed by atoms with Crippen molar-refractivity contribution in [3.63, 3.8) is 0 Å². The second kappa shape index (κ2) is 6.29. The minimum atomic E-state index is -0.481. The number of ether oxygens (including phenoxy) is 1. The predicted molar refractivity (Wildman–Crippen MR) is 96.7 cm³/mol. The number of carbonyl (C=O) groups is 1. The van der Waals surface area contributed by atoms with Gasteiger partial charge in [-0.2, -0.15) is 0 Å². The Morgan fingerprint density at radius 3 is 2.44 bits per heavy atom. The van der Waals surface area contributed by atoms with Gasteiger partial charge in [0.15, 0.2) is 11.9 Å². The average Bonchev–Trinajstić information content (AvgIpc) is 2.65. The van der Waals surface area contributed by atoms with Gasteiger partial charge in [-0.15, -0.1) is 0 Å². The van der Waals surface area contributed by atoms with E-state index in [-0.39, 0.29) is 11.5 Å². The smallest absolute Gasteiger partial charge is 0.196 e. The van der Waals surface area contributed by atoms with Crippen molar-refractivity contribution in [2.45, 2.75) is 6.10 Å². The van der Waals surface area contributed by atoms with Gasteiger partial charge in [0.2, 0.25) is 0 Å². The third kappa shape index (κ3) is 2.92. The first-order valence-electron chi connectivity index (χ1n) is 8.08. The molecule has 0 spiro atoms.